The van der Waals surface area contributed by atoms with Crippen LogP contribution in [0.5, 0.6) is 0 Å². The van der Waals surface area contributed by atoms with Crippen molar-refractivity contribution in [2.24, 2.45) is 5.92 Å². The maximum Gasteiger partial charge on any atom is 0.408 e. The first-order chi connectivity index (χ1) is 9.24. The van der Waals surface area contributed by atoms with Gasteiger partial charge < -0.3 is 10.6 Å². The minimum Gasteiger partial charge on any atom is -0.307 e. The van der Waals surface area contributed by atoms with Crippen molar-refractivity contribution < 1.29 is 18.0 Å². The fraction of sp³-hybridized carbons (Fsp3) is 0.636. The van der Waals surface area contributed by atoms with Gasteiger partial charge in [0.1, 0.15) is 6.54 Å². The Bertz CT molecular complexity index is 502. The maximum absolute atomic E-state index is 12.3. The van der Waals surface area contributed by atoms with Gasteiger partial charge in [0.2, 0.25) is 5.91 Å². The molecule has 1 aliphatic heterocycles. The summed E-state index contributed by atoms with van der Waals surface area (Å²) in [6.07, 6.45) is -2.46. The number of rotatable bonds is 3. The third-order valence-electron chi connectivity index (χ3n) is 2.97. The number of nitrogens with zero attached hydrogens (tertiary/aromatic N) is 2. The Kier molecular flexibility index (Phi) is 4.38. The molecular formula is C11H14BrF3N4O. The molecule has 1 unspecified atom stereocenters. The fourth-order valence-electron chi connectivity index (χ4n) is 2.06. The Labute approximate surface area is 122 Å². The van der Waals surface area contributed by atoms with Gasteiger partial charge >= 0.3 is 6.18 Å². The van der Waals surface area contributed by atoms with Gasteiger partial charge in [-0.15, -0.1) is 0 Å². The molecule has 9 heteroatoms. The zero-order chi connectivity index (χ0) is 14.9. The minimum absolute atomic E-state index is 0.0978. The second-order valence-electron chi connectivity index (χ2n) is 4.93. The van der Waals surface area contributed by atoms with Gasteiger partial charge in [0, 0.05) is 6.20 Å². The van der Waals surface area contributed by atoms with Crippen molar-refractivity contribution in [2.45, 2.75) is 32.1 Å². The quantitative estimate of drug-likeness (QED) is 0.874. The number of aromatic nitrogens is 2. The van der Waals surface area contributed by atoms with E-state index in [2.05, 4.69) is 31.7 Å². The fourth-order valence-corrected chi connectivity index (χ4v) is 2.48. The third kappa shape index (κ3) is 3.95. The van der Waals surface area contributed by atoms with Crippen LogP contribution in [-0.4, -0.2) is 34.5 Å². The first kappa shape index (κ1) is 15.3. The summed E-state index contributed by atoms with van der Waals surface area (Å²) in [5.74, 6) is 0.213. The van der Waals surface area contributed by atoms with Crippen LogP contribution in [-0.2, 0) is 11.3 Å². The van der Waals surface area contributed by atoms with Gasteiger partial charge in [0.25, 0.3) is 0 Å². The number of carbonyl (C=O) groups is 1. The summed E-state index contributed by atoms with van der Waals surface area (Å²) in [7, 11) is 0. The van der Waals surface area contributed by atoms with E-state index in [1.54, 1.807) is 0 Å². The Morgan fingerprint density at radius 2 is 2.35 bits per heavy atom. The molecule has 2 rings (SSSR count). The highest BCUT2D eigenvalue weighted by Crippen LogP contribution is 2.24. The molecule has 1 amide bonds. The van der Waals surface area contributed by atoms with E-state index < -0.39 is 12.7 Å². The Morgan fingerprint density at radius 1 is 1.65 bits per heavy atom. The molecule has 2 atom stereocenters. The van der Waals surface area contributed by atoms with Crippen molar-refractivity contribution >= 4 is 27.7 Å². The summed E-state index contributed by atoms with van der Waals surface area (Å²) in [6, 6.07) is -0.329. The lowest BCUT2D eigenvalue weighted by Crippen LogP contribution is -2.35. The van der Waals surface area contributed by atoms with Gasteiger partial charge in [-0.25, -0.2) is 0 Å². The van der Waals surface area contributed by atoms with E-state index in [1.807, 2.05) is 6.92 Å². The van der Waals surface area contributed by atoms with E-state index in [0.717, 1.165) is 11.2 Å². The van der Waals surface area contributed by atoms with E-state index in [4.69, 9.17) is 0 Å². The van der Waals surface area contributed by atoms with E-state index in [0.29, 0.717) is 16.8 Å². The third-order valence-corrected chi connectivity index (χ3v) is 3.55. The first-order valence-corrected chi connectivity index (χ1v) is 6.88. The highest BCUT2D eigenvalue weighted by Gasteiger charge is 2.30. The molecule has 0 aromatic carbocycles. The number of nitrogens with one attached hydrogen (secondary N) is 2. The van der Waals surface area contributed by atoms with Gasteiger partial charge in [-0.2, -0.15) is 18.3 Å². The van der Waals surface area contributed by atoms with Crippen molar-refractivity contribution in [2.75, 3.05) is 11.9 Å². The van der Waals surface area contributed by atoms with E-state index in [9.17, 15) is 18.0 Å². The molecule has 1 aromatic heterocycles. The van der Waals surface area contributed by atoms with Crippen molar-refractivity contribution in [1.29, 1.82) is 0 Å². The average molecular weight is 355 g/mol. The Morgan fingerprint density at radius 3 is 2.90 bits per heavy atom. The van der Waals surface area contributed by atoms with Gasteiger partial charge in [0.15, 0.2) is 5.82 Å². The molecule has 1 fully saturated rings. The molecule has 1 aliphatic rings. The normalized spacial score (nSPS) is 23.1. The molecule has 0 spiro atoms. The van der Waals surface area contributed by atoms with Gasteiger partial charge in [0.05, 0.1) is 10.5 Å². The van der Waals surface area contributed by atoms with Gasteiger partial charge in [-0.3, -0.25) is 9.48 Å². The van der Waals surface area contributed by atoms with Crippen LogP contribution in [0.4, 0.5) is 19.0 Å². The first-order valence-electron chi connectivity index (χ1n) is 6.08. The number of carbonyl (C=O) groups excluding carboxylic acids is 1. The smallest absolute Gasteiger partial charge is 0.307 e. The molecule has 2 N–H and O–H groups in total. The number of halogens is 4. The largest absolute Gasteiger partial charge is 0.408 e. The van der Waals surface area contributed by atoms with Crippen LogP contribution < -0.4 is 10.6 Å². The lowest BCUT2D eigenvalue weighted by Gasteiger charge is -2.09. The predicted molar refractivity (Wildman–Crippen MR) is 70.2 cm³/mol. The van der Waals surface area contributed by atoms with E-state index in [1.165, 1.54) is 6.20 Å². The van der Waals surface area contributed by atoms with Crippen LogP contribution in [0, 0.1) is 5.92 Å². The van der Waals surface area contributed by atoms with Crippen LogP contribution in [0.1, 0.15) is 13.3 Å². The van der Waals surface area contributed by atoms with Crippen molar-refractivity contribution in [1.82, 2.24) is 15.1 Å². The van der Waals surface area contributed by atoms with Crippen LogP contribution in [0.15, 0.2) is 10.7 Å². The summed E-state index contributed by atoms with van der Waals surface area (Å²) in [6.45, 7) is 1.58. The summed E-state index contributed by atoms with van der Waals surface area (Å²) in [5.41, 5.74) is 0. The van der Waals surface area contributed by atoms with Crippen LogP contribution in [0.25, 0.3) is 0 Å². The number of hydrogen-bond acceptors (Lipinski definition) is 3. The summed E-state index contributed by atoms with van der Waals surface area (Å²) in [5, 5.41) is 9.30. The highest BCUT2D eigenvalue weighted by atomic mass is 79.9. The number of hydrogen-bond donors (Lipinski definition) is 2. The average Bonchev–Trinajstić information content (AvgIpc) is 2.84. The Balaban J connectivity index is 2.01. The molecule has 2 heterocycles. The lowest BCUT2D eigenvalue weighted by atomic mass is 10.1. The zero-order valence-electron chi connectivity index (χ0n) is 10.7. The summed E-state index contributed by atoms with van der Waals surface area (Å²) < 4.78 is 37.8. The Hall–Kier alpha value is -1.09. The van der Waals surface area contributed by atoms with E-state index >= 15 is 0 Å². The zero-order valence-corrected chi connectivity index (χ0v) is 12.3. The van der Waals surface area contributed by atoms with Gasteiger partial charge in [-0.1, -0.05) is 6.92 Å². The van der Waals surface area contributed by atoms with E-state index in [-0.39, 0.29) is 17.8 Å². The standard InChI is InChI=1S/C11H14BrF3N4O/c1-6-2-8(16-3-6)10(20)17-9-7(12)4-19(18-9)5-11(13,14)15/h4,6,8,16H,2-3,5H2,1H3,(H,17,18,20)/t6?,8-/m0/s1. The molecule has 0 radical (unpaired) electrons. The molecule has 20 heavy (non-hydrogen) atoms. The van der Waals surface area contributed by atoms with Gasteiger partial charge in [-0.05, 0) is 34.8 Å². The summed E-state index contributed by atoms with van der Waals surface area (Å²) in [4.78, 5) is 11.9. The molecule has 1 aromatic rings. The predicted octanol–water partition coefficient (Wildman–Crippen LogP) is 2.14. The monoisotopic (exact) mass is 354 g/mol. The SMILES string of the molecule is CC1CN[C@H](C(=O)Nc2nn(CC(F)(F)F)cc2Br)C1. The van der Waals surface area contributed by atoms with Crippen LogP contribution >= 0.6 is 15.9 Å². The molecule has 0 aliphatic carbocycles. The second-order valence-corrected chi connectivity index (χ2v) is 5.78. The summed E-state index contributed by atoms with van der Waals surface area (Å²) >= 11 is 3.09. The maximum atomic E-state index is 12.3. The topological polar surface area (TPSA) is 59.0 Å². The molecule has 112 valence electrons. The number of amides is 1. The van der Waals surface area contributed by atoms with Crippen molar-refractivity contribution in [3.8, 4) is 0 Å². The number of anilines is 1. The molecular weight excluding hydrogens is 341 g/mol. The van der Waals surface area contributed by atoms with Crippen molar-refractivity contribution in [3.63, 3.8) is 0 Å². The number of alkyl halides is 3. The minimum atomic E-state index is -4.35. The molecule has 1 saturated heterocycles. The highest BCUT2D eigenvalue weighted by molar-refractivity contribution is 9.10. The van der Waals surface area contributed by atoms with Crippen LogP contribution in [0.3, 0.4) is 0 Å². The van der Waals surface area contributed by atoms with Crippen molar-refractivity contribution in [3.05, 3.63) is 10.7 Å². The van der Waals surface area contributed by atoms with Crippen LogP contribution in [0.2, 0.25) is 0 Å². The molecule has 0 bridgehead atoms. The molecule has 0 saturated carbocycles. The second kappa shape index (κ2) is 5.72. The lowest BCUT2D eigenvalue weighted by molar-refractivity contribution is -0.142. The molecule has 5 nitrogen and oxygen atoms in total.